The maximum absolute atomic E-state index is 11.6. The second-order valence-electron chi connectivity index (χ2n) is 4.35. The molecule has 0 aliphatic carbocycles. The molecule has 2 aromatic rings. The fraction of sp³-hybridized carbons (Fsp3) is 0.357. The number of nitrogens with one attached hydrogen (secondary N) is 1. The highest BCUT2D eigenvalue weighted by Gasteiger charge is 2.16. The van der Waals surface area contributed by atoms with Crippen molar-refractivity contribution in [3.05, 3.63) is 45.8 Å². The number of esters is 1. The van der Waals surface area contributed by atoms with Gasteiger partial charge in [0.05, 0.1) is 13.4 Å². The van der Waals surface area contributed by atoms with Crippen molar-refractivity contribution in [3.8, 4) is 0 Å². The van der Waals surface area contributed by atoms with Crippen LogP contribution in [0.25, 0.3) is 0 Å². The Morgan fingerprint density at radius 2 is 2.33 bits per heavy atom. The maximum atomic E-state index is 11.6. The molecule has 0 fully saturated rings. The standard InChI is InChI=1S/C14H16N2O4S/c1-3-4-10-7-11(17)16-14(15-10)21-8-9-5-6-20-12(9)13(18)19-2/h5-7H,3-4,8H2,1-2H3,(H,15,16,17). The van der Waals surface area contributed by atoms with Crippen molar-refractivity contribution in [1.82, 2.24) is 9.97 Å². The van der Waals surface area contributed by atoms with Crippen molar-refractivity contribution in [1.29, 1.82) is 0 Å². The summed E-state index contributed by atoms with van der Waals surface area (Å²) in [4.78, 5) is 30.1. The number of H-pyrrole nitrogens is 1. The molecule has 7 heteroatoms. The minimum atomic E-state index is -0.517. The van der Waals surface area contributed by atoms with Crippen LogP contribution >= 0.6 is 11.8 Å². The van der Waals surface area contributed by atoms with Crippen molar-refractivity contribution in [2.45, 2.75) is 30.7 Å². The molecule has 0 unspecified atom stereocenters. The second kappa shape index (κ2) is 7.12. The Balaban J connectivity index is 2.11. The smallest absolute Gasteiger partial charge is 0.374 e. The van der Waals surface area contributed by atoms with Crippen LogP contribution < -0.4 is 5.56 Å². The van der Waals surface area contributed by atoms with Gasteiger partial charge in [0.25, 0.3) is 5.56 Å². The number of aromatic nitrogens is 2. The lowest BCUT2D eigenvalue weighted by Crippen LogP contribution is -2.10. The Kier molecular flexibility index (Phi) is 5.21. The van der Waals surface area contributed by atoms with Crippen molar-refractivity contribution < 1.29 is 13.9 Å². The summed E-state index contributed by atoms with van der Waals surface area (Å²) in [6.07, 6.45) is 3.12. The highest BCUT2D eigenvalue weighted by molar-refractivity contribution is 7.98. The molecule has 0 amide bonds. The number of hydrogen-bond acceptors (Lipinski definition) is 6. The Labute approximate surface area is 125 Å². The quantitative estimate of drug-likeness (QED) is 0.501. The van der Waals surface area contributed by atoms with E-state index in [0.29, 0.717) is 16.5 Å². The third kappa shape index (κ3) is 3.98. The van der Waals surface area contributed by atoms with E-state index in [9.17, 15) is 9.59 Å². The lowest BCUT2D eigenvalue weighted by Gasteiger charge is -2.03. The molecule has 0 spiro atoms. The third-order valence-corrected chi connectivity index (χ3v) is 3.68. The molecule has 0 aliphatic rings. The monoisotopic (exact) mass is 308 g/mol. The van der Waals surface area contributed by atoms with Gasteiger partial charge < -0.3 is 14.1 Å². The summed E-state index contributed by atoms with van der Waals surface area (Å²) < 4.78 is 9.75. The number of rotatable bonds is 6. The van der Waals surface area contributed by atoms with E-state index in [0.717, 1.165) is 18.5 Å². The number of ether oxygens (including phenoxy) is 1. The first-order valence-electron chi connectivity index (χ1n) is 6.51. The molecule has 2 aromatic heterocycles. The van der Waals surface area contributed by atoms with E-state index in [2.05, 4.69) is 14.7 Å². The molecule has 0 radical (unpaired) electrons. The molecule has 0 atom stereocenters. The zero-order valence-electron chi connectivity index (χ0n) is 11.8. The Hall–Kier alpha value is -2.02. The first kappa shape index (κ1) is 15.4. The summed E-state index contributed by atoms with van der Waals surface area (Å²) in [5, 5.41) is 0.531. The molecule has 6 nitrogen and oxygen atoms in total. The molecule has 0 saturated carbocycles. The number of furan rings is 1. The van der Waals surface area contributed by atoms with Crippen LogP contribution in [0.15, 0.2) is 32.8 Å². The number of methoxy groups -OCH3 is 1. The minimum Gasteiger partial charge on any atom is -0.463 e. The van der Waals surface area contributed by atoms with Crippen LogP contribution in [0.5, 0.6) is 0 Å². The number of carbonyl (C=O) groups is 1. The van der Waals surface area contributed by atoms with Crippen LogP contribution in [0.1, 0.15) is 35.2 Å². The van der Waals surface area contributed by atoms with Crippen LogP contribution in [-0.2, 0) is 16.9 Å². The highest BCUT2D eigenvalue weighted by atomic mass is 32.2. The predicted octanol–water partition coefficient (Wildman–Crippen LogP) is 2.39. The average molecular weight is 308 g/mol. The van der Waals surface area contributed by atoms with Gasteiger partial charge in [0, 0.05) is 23.1 Å². The maximum Gasteiger partial charge on any atom is 0.374 e. The van der Waals surface area contributed by atoms with Crippen LogP contribution in [0, 0.1) is 0 Å². The fourth-order valence-electron chi connectivity index (χ4n) is 1.80. The predicted molar refractivity (Wildman–Crippen MR) is 78.5 cm³/mol. The van der Waals surface area contributed by atoms with Crippen molar-refractivity contribution in [3.63, 3.8) is 0 Å². The molecular weight excluding hydrogens is 292 g/mol. The zero-order chi connectivity index (χ0) is 15.2. The van der Waals surface area contributed by atoms with E-state index in [1.807, 2.05) is 6.92 Å². The molecule has 0 aliphatic heterocycles. The summed E-state index contributed by atoms with van der Waals surface area (Å²) >= 11 is 1.34. The SMILES string of the molecule is CCCc1cc(=O)[nH]c(SCc2ccoc2C(=O)OC)n1. The molecule has 0 bridgehead atoms. The summed E-state index contributed by atoms with van der Waals surface area (Å²) in [5.41, 5.74) is 1.30. The lowest BCUT2D eigenvalue weighted by atomic mass is 10.2. The number of aromatic amines is 1. The van der Waals surface area contributed by atoms with Gasteiger partial charge in [-0.25, -0.2) is 9.78 Å². The number of nitrogens with zero attached hydrogens (tertiary/aromatic N) is 1. The van der Waals surface area contributed by atoms with Gasteiger partial charge in [0.1, 0.15) is 0 Å². The second-order valence-corrected chi connectivity index (χ2v) is 5.31. The van der Waals surface area contributed by atoms with Gasteiger partial charge in [-0.3, -0.25) is 4.79 Å². The van der Waals surface area contributed by atoms with E-state index in [-0.39, 0.29) is 11.3 Å². The van der Waals surface area contributed by atoms with Crippen molar-refractivity contribution in [2.24, 2.45) is 0 Å². The van der Waals surface area contributed by atoms with Gasteiger partial charge in [0.2, 0.25) is 5.76 Å². The Morgan fingerprint density at radius 1 is 1.52 bits per heavy atom. The molecule has 112 valence electrons. The van der Waals surface area contributed by atoms with Crippen LogP contribution in [0.3, 0.4) is 0 Å². The normalized spacial score (nSPS) is 10.6. The van der Waals surface area contributed by atoms with Gasteiger partial charge in [-0.05, 0) is 12.5 Å². The lowest BCUT2D eigenvalue weighted by molar-refractivity contribution is 0.0564. The Bertz CT molecular complexity index is 678. The van der Waals surface area contributed by atoms with E-state index in [1.165, 1.54) is 31.2 Å². The summed E-state index contributed by atoms with van der Waals surface area (Å²) in [6.45, 7) is 2.03. The number of hydrogen-bond donors (Lipinski definition) is 1. The molecule has 21 heavy (non-hydrogen) atoms. The molecule has 1 N–H and O–H groups in total. The first-order chi connectivity index (χ1) is 10.1. The largest absolute Gasteiger partial charge is 0.463 e. The fourth-order valence-corrected chi connectivity index (χ4v) is 2.68. The summed E-state index contributed by atoms with van der Waals surface area (Å²) in [5.74, 6) is 0.119. The molecular formula is C14H16N2O4S. The summed E-state index contributed by atoms with van der Waals surface area (Å²) in [6, 6.07) is 3.21. The topological polar surface area (TPSA) is 85.2 Å². The first-order valence-corrected chi connectivity index (χ1v) is 7.50. The number of aryl methyl sites for hydroxylation is 1. The highest BCUT2D eigenvalue weighted by Crippen LogP contribution is 2.22. The Morgan fingerprint density at radius 3 is 3.05 bits per heavy atom. The van der Waals surface area contributed by atoms with Crippen LogP contribution in [0.2, 0.25) is 0 Å². The average Bonchev–Trinajstić information content (AvgIpc) is 2.92. The van der Waals surface area contributed by atoms with Gasteiger partial charge in [-0.15, -0.1) is 0 Å². The minimum absolute atomic E-state index is 0.170. The number of carbonyl (C=O) groups excluding carboxylic acids is 1. The summed E-state index contributed by atoms with van der Waals surface area (Å²) in [7, 11) is 1.30. The van der Waals surface area contributed by atoms with Gasteiger partial charge in [-0.1, -0.05) is 25.1 Å². The van der Waals surface area contributed by atoms with E-state index < -0.39 is 5.97 Å². The zero-order valence-corrected chi connectivity index (χ0v) is 12.7. The van der Waals surface area contributed by atoms with Gasteiger partial charge in [0.15, 0.2) is 5.16 Å². The van der Waals surface area contributed by atoms with E-state index >= 15 is 0 Å². The van der Waals surface area contributed by atoms with Crippen molar-refractivity contribution in [2.75, 3.05) is 7.11 Å². The van der Waals surface area contributed by atoms with E-state index in [1.54, 1.807) is 6.07 Å². The number of thioether (sulfide) groups is 1. The molecule has 2 rings (SSSR count). The molecule has 0 saturated heterocycles. The van der Waals surface area contributed by atoms with Crippen molar-refractivity contribution >= 4 is 17.7 Å². The molecule has 2 heterocycles. The van der Waals surface area contributed by atoms with Gasteiger partial charge in [-0.2, -0.15) is 0 Å². The third-order valence-electron chi connectivity index (χ3n) is 2.76. The molecule has 0 aromatic carbocycles. The van der Waals surface area contributed by atoms with Gasteiger partial charge >= 0.3 is 5.97 Å². The van der Waals surface area contributed by atoms with E-state index in [4.69, 9.17) is 4.42 Å². The van der Waals surface area contributed by atoms with Crippen LogP contribution in [-0.4, -0.2) is 23.0 Å². The van der Waals surface area contributed by atoms with Crippen LogP contribution in [0.4, 0.5) is 0 Å².